The van der Waals surface area contributed by atoms with Gasteiger partial charge in [-0.15, -0.1) is 11.3 Å². The van der Waals surface area contributed by atoms with E-state index < -0.39 is 0 Å². The third kappa shape index (κ3) is 2.93. The van der Waals surface area contributed by atoms with Gasteiger partial charge in [-0.3, -0.25) is 4.79 Å². The van der Waals surface area contributed by atoms with Crippen LogP contribution < -0.4 is 5.32 Å². The topological polar surface area (TPSA) is 52.9 Å². The molecule has 0 radical (unpaired) electrons. The number of amides is 1. The van der Waals surface area contributed by atoms with Crippen molar-refractivity contribution in [2.45, 2.75) is 6.54 Å². The number of rotatable bonds is 3. The van der Waals surface area contributed by atoms with E-state index in [1.165, 1.54) is 11.3 Å². The number of benzene rings is 2. The molecule has 1 heterocycles. The second kappa shape index (κ2) is 5.78. The molecule has 102 valence electrons. The Labute approximate surface area is 126 Å². The van der Waals surface area contributed by atoms with Crippen LogP contribution in [0.15, 0.2) is 54.6 Å². The van der Waals surface area contributed by atoms with E-state index in [9.17, 15) is 4.79 Å². The number of nitrogens with one attached hydrogen (secondary N) is 1. The lowest BCUT2D eigenvalue weighted by atomic mass is 10.1. The molecular formula is C17H12N2OS. The summed E-state index contributed by atoms with van der Waals surface area (Å²) < 4.78 is 1.11. The fourth-order valence-corrected chi connectivity index (χ4v) is 3.09. The van der Waals surface area contributed by atoms with Gasteiger partial charge in [0, 0.05) is 11.2 Å². The lowest BCUT2D eigenvalue weighted by Crippen LogP contribution is -2.21. The van der Waals surface area contributed by atoms with Crippen molar-refractivity contribution in [3.05, 3.63) is 70.6 Å². The van der Waals surface area contributed by atoms with Crippen LogP contribution in [0.3, 0.4) is 0 Å². The van der Waals surface area contributed by atoms with Crippen molar-refractivity contribution in [1.29, 1.82) is 5.26 Å². The van der Waals surface area contributed by atoms with Gasteiger partial charge in [-0.2, -0.15) is 5.26 Å². The molecule has 2 aromatic carbocycles. The summed E-state index contributed by atoms with van der Waals surface area (Å²) in [5, 5.41) is 12.8. The average molecular weight is 292 g/mol. The van der Waals surface area contributed by atoms with Gasteiger partial charge < -0.3 is 5.32 Å². The fourth-order valence-electron chi connectivity index (χ4n) is 2.11. The van der Waals surface area contributed by atoms with Gasteiger partial charge in [0.05, 0.1) is 16.5 Å². The first-order valence-corrected chi connectivity index (χ1v) is 7.34. The number of hydrogen-bond donors (Lipinski definition) is 1. The van der Waals surface area contributed by atoms with E-state index in [1.54, 1.807) is 12.1 Å². The molecule has 4 heteroatoms. The van der Waals surface area contributed by atoms with Crippen molar-refractivity contribution < 1.29 is 4.79 Å². The highest BCUT2D eigenvalue weighted by Crippen LogP contribution is 2.25. The van der Waals surface area contributed by atoms with E-state index in [1.807, 2.05) is 42.5 Å². The van der Waals surface area contributed by atoms with Crippen LogP contribution in [-0.2, 0) is 6.54 Å². The normalized spacial score (nSPS) is 10.2. The number of nitriles is 1. The summed E-state index contributed by atoms with van der Waals surface area (Å²) in [4.78, 5) is 12.9. The Morgan fingerprint density at radius 2 is 2.00 bits per heavy atom. The van der Waals surface area contributed by atoms with Crippen molar-refractivity contribution in [2.24, 2.45) is 0 Å². The Balaban J connectivity index is 1.72. The fraction of sp³-hybridized carbons (Fsp3) is 0.0588. The van der Waals surface area contributed by atoms with Crippen LogP contribution in [0.4, 0.5) is 0 Å². The quantitative estimate of drug-likeness (QED) is 0.800. The summed E-state index contributed by atoms with van der Waals surface area (Å²) in [5.41, 5.74) is 1.52. The molecule has 0 saturated heterocycles. The van der Waals surface area contributed by atoms with Crippen LogP contribution in [0.1, 0.15) is 20.8 Å². The zero-order valence-electron chi connectivity index (χ0n) is 11.2. The third-order valence-corrected chi connectivity index (χ3v) is 4.27. The molecule has 0 aliphatic heterocycles. The first kappa shape index (κ1) is 13.3. The summed E-state index contributed by atoms with van der Waals surface area (Å²) in [5.74, 6) is -0.0847. The Kier molecular flexibility index (Phi) is 3.67. The largest absolute Gasteiger partial charge is 0.347 e. The average Bonchev–Trinajstić information content (AvgIpc) is 2.97. The first-order valence-electron chi connectivity index (χ1n) is 6.52. The van der Waals surface area contributed by atoms with Crippen LogP contribution in [0.25, 0.3) is 10.1 Å². The molecule has 0 spiro atoms. The van der Waals surface area contributed by atoms with Gasteiger partial charge in [0.1, 0.15) is 0 Å². The maximum atomic E-state index is 12.2. The molecule has 0 unspecified atom stereocenters. The van der Waals surface area contributed by atoms with Crippen molar-refractivity contribution in [3.63, 3.8) is 0 Å². The number of thiophene rings is 1. The number of nitrogens with zero attached hydrogens (tertiary/aromatic N) is 1. The molecule has 21 heavy (non-hydrogen) atoms. The monoisotopic (exact) mass is 292 g/mol. The Bertz CT molecular complexity index is 812. The highest BCUT2D eigenvalue weighted by atomic mass is 32.1. The highest BCUT2D eigenvalue weighted by Gasteiger charge is 2.09. The summed E-state index contributed by atoms with van der Waals surface area (Å²) in [6.07, 6.45) is 0. The van der Waals surface area contributed by atoms with Crippen molar-refractivity contribution >= 4 is 27.3 Å². The molecule has 0 fully saturated rings. The molecule has 0 atom stereocenters. The number of hydrogen-bond acceptors (Lipinski definition) is 3. The molecule has 1 amide bonds. The van der Waals surface area contributed by atoms with E-state index in [4.69, 9.17) is 5.26 Å². The van der Waals surface area contributed by atoms with Crippen molar-refractivity contribution in [3.8, 4) is 6.07 Å². The van der Waals surface area contributed by atoms with Gasteiger partial charge in [-0.05, 0) is 35.2 Å². The lowest BCUT2D eigenvalue weighted by molar-refractivity contribution is 0.0955. The second-order valence-corrected chi connectivity index (χ2v) is 5.73. The van der Waals surface area contributed by atoms with Crippen LogP contribution in [0.2, 0.25) is 0 Å². The number of carbonyl (C=O) groups is 1. The molecule has 1 N–H and O–H groups in total. The predicted octanol–water partition coefficient (Wildman–Crippen LogP) is 3.70. The van der Waals surface area contributed by atoms with Crippen LogP contribution in [0, 0.1) is 11.3 Å². The van der Waals surface area contributed by atoms with Gasteiger partial charge in [-0.1, -0.05) is 30.3 Å². The standard InChI is InChI=1S/C17H12N2OS/c18-10-12-4-3-5-13(8-12)11-19-17(20)16-9-14-6-1-2-7-15(14)21-16/h1-9H,11H2,(H,19,20). The highest BCUT2D eigenvalue weighted by molar-refractivity contribution is 7.20. The molecule has 3 rings (SSSR count). The molecule has 0 bridgehead atoms. The zero-order chi connectivity index (χ0) is 14.7. The Morgan fingerprint density at radius 1 is 1.14 bits per heavy atom. The van der Waals surface area contributed by atoms with E-state index in [0.29, 0.717) is 17.0 Å². The smallest absolute Gasteiger partial charge is 0.261 e. The van der Waals surface area contributed by atoms with Gasteiger partial charge >= 0.3 is 0 Å². The maximum Gasteiger partial charge on any atom is 0.261 e. The van der Waals surface area contributed by atoms with Gasteiger partial charge in [0.2, 0.25) is 0 Å². The molecule has 0 aliphatic rings. The summed E-state index contributed by atoms with van der Waals surface area (Å²) in [6.45, 7) is 0.419. The SMILES string of the molecule is N#Cc1cccc(CNC(=O)c2cc3ccccc3s2)c1. The van der Waals surface area contributed by atoms with Crippen LogP contribution in [0.5, 0.6) is 0 Å². The van der Waals surface area contributed by atoms with Gasteiger partial charge in [0.15, 0.2) is 0 Å². The molecule has 0 aliphatic carbocycles. The van der Waals surface area contributed by atoms with Gasteiger partial charge in [0.25, 0.3) is 5.91 Å². The molecule has 1 aromatic heterocycles. The summed E-state index contributed by atoms with van der Waals surface area (Å²) in [7, 11) is 0. The number of fused-ring (bicyclic) bond motifs is 1. The third-order valence-electron chi connectivity index (χ3n) is 3.16. The summed E-state index contributed by atoms with van der Waals surface area (Å²) in [6, 6.07) is 19.2. The molecule has 3 nitrogen and oxygen atoms in total. The van der Waals surface area contributed by atoms with Crippen molar-refractivity contribution in [2.75, 3.05) is 0 Å². The minimum atomic E-state index is -0.0847. The minimum absolute atomic E-state index is 0.0847. The van der Waals surface area contributed by atoms with Crippen LogP contribution >= 0.6 is 11.3 Å². The predicted molar refractivity (Wildman–Crippen MR) is 84.2 cm³/mol. The first-order chi connectivity index (χ1) is 10.3. The zero-order valence-corrected chi connectivity index (χ0v) is 12.0. The second-order valence-electron chi connectivity index (χ2n) is 4.64. The summed E-state index contributed by atoms with van der Waals surface area (Å²) >= 11 is 1.48. The van der Waals surface area contributed by atoms with Crippen LogP contribution in [-0.4, -0.2) is 5.91 Å². The molecule has 3 aromatic rings. The lowest BCUT2D eigenvalue weighted by Gasteiger charge is -2.03. The minimum Gasteiger partial charge on any atom is -0.347 e. The Hall–Kier alpha value is -2.64. The number of carbonyl (C=O) groups excluding carboxylic acids is 1. The van der Waals surface area contributed by atoms with E-state index >= 15 is 0 Å². The Morgan fingerprint density at radius 3 is 2.81 bits per heavy atom. The van der Waals surface area contributed by atoms with Crippen molar-refractivity contribution in [1.82, 2.24) is 5.32 Å². The van der Waals surface area contributed by atoms with Gasteiger partial charge in [-0.25, -0.2) is 0 Å². The molecular weight excluding hydrogens is 280 g/mol. The van der Waals surface area contributed by atoms with E-state index in [-0.39, 0.29) is 5.91 Å². The maximum absolute atomic E-state index is 12.2. The van der Waals surface area contributed by atoms with E-state index in [2.05, 4.69) is 11.4 Å². The molecule has 0 saturated carbocycles. The van der Waals surface area contributed by atoms with E-state index in [0.717, 1.165) is 15.6 Å².